The molecule has 0 aromatic carbocycles. The number of hydrogen-bond acceptors (Lipinski definition) is 18. The van der Waals surface area contributed by atoms with Gasteiger partial charge in [-0.05, 0) is 0 Å². The summed E-state index contributed by atoms with van der Waals surface area (Å²) in [5.41, 5.74) is 0. The maximum atomic E-state index is 8.63. The van der Waals surface area contributed by atoms with Gasteiger partial charge < -0.3 is 27.3 Å². The van der Waals surface area contributed by atoms with Crippen molar-refractivity contribution in [3.05, 3.63) is 0 Å². The maximum absolute atomic E-state index is 8.63. The van der Waals surface area contributed by atoms with Gasteiger partial charge >= 0.3 is 31.1 Å². The van der Waals surface area contributed by atoms with Crippen LogP contribution in [0.25, 0.3) is 0 Å². The van der Waals surface area contributed by atoms with Crippen LogP contribution in [0.3, 0.4) is 0 Å². The summed E-state index contributed by atoms with van der Waals surface area (Å²) in [5.74, 6) is 0. The predicted octanol–water partition coefficient (Wildman–Crippen LogP) is -5.97. The molecule has 31 heteroatoms. The molecule has 24 nitrogen and oxygen atoms in total. The van der Waals surface area contributed by atoms with Crippen LogP contribution in [0.4, 0.5) is 0 Å². The van der Waals surface area contributed by atoms with Crippen LogP contribution in [0, 0.1) is 31.1 Å². The summed E-state index contributed by atoms with van der Waals surface area (Å²) in [6, 6.07) is 0. The molecule has 0 saturated heterocycles. The van der Waals surface area contributed by atoms with Crippen LogP contribution in [0.1, 0.15) is 0 Å². The zero-order valence-electron chi connectivity index (χ0n) is 13.0. The molecule has 6 N–H and O–H groups in total. The third kappa shape index (κ3) is 327000. The first kappa shape index (κ1) is 48.6. The molecule has 190 valence electrons. The average molecular weight is 820 g/mol. The van der Waals surface area contributed by atoms with Gasteiger partial charge in [0.15, 0.2) is 0 Å². The predicted molar refractivity (Wildman–Crippen MR) is 74.0 cm³/mol. The van der Waals surface area contributed by atoms with Gasteiger partial charge in [0.25, 0.3) is 0 Å². The Morgan fingerprint density at radius 1 is 0.290 bits per heavy atom. The Balaban J connectivity index is -0.0000000443. The van der Waals surface area contributed by atoms with Gasteiger partial charge in [-0.1, -0.05) is 0 Å². The molecule has 0 atom stereocenters. The number of rotatable bonds is 0. The van der Waals surface area contributed by atoms with Gasteiger partial charge in [-0.2, -0.15) is 0 Å². The minimum Gasteiger partial charge on any atom is -0.726 e. The molecule has 31 heavy (non-hydrogen) atoms. The fourth-order valence-electron chi connectivity index (χ4n) is 0. The van der Waals surface area contributed by atoms with Crippen molar-refractivity contribution in [2.24, 2.45) is 0 Å². The minimum atomic E-state index is -4.92. The van der Waals surface area contributed by atoms with Gasteiger partial charge in [0, 0.05) is 0 Å². The SMILES string of the molecule is O=S(=O)([O-])O.O=S(=O)([O-])O.O=S(=O)([O-])O.O=S(=O)([O-])O.O=S(=O)([O-])O.O=S(=O)([O-])O.[U+6]. The van der Waals surface area contributed by atoms with Gasteiger partial charge in [-0.3, -0.25) is 27.3 Å². The third-order valence-electron chi connectivity index (χ3n) is 0. The van der Waals surface area contributed by atoms with Gasteiger partial charge in [0.1, 0.15) is 0 Å². The van der Waals surface area contributed by atoms with Crippen LogP contribution in [0.15, 0.2) is 0 Å². The first-order valence-corrected chi connectivity index (χ1v) is 12.3. The number of hydrogen-bond donors (Lipinski definition) is 6. The van der Waals surface area contributed by atoms with Crippen LogP contribution < -0.4 is 0 Å². The second kappa shape index (κ2) is 19.7. The van der Waals surface area contributed by atoms with E-state index >= 15 is 0 Å². The van der Waals surface area contributed by atoms with Gasteiger partial charge in [-0.15, -0.1) is 0 Å². The van der Waals surface area contributed by atoms with E-state index < -0.39 is 62.4 Å². The molecule has 0 fully saturated rings. The first-order valence-electron chi connectivity index (χ1n) is 4.10. The summed E-state index contributed by atoms with van der Waals surface area (Å²) in [5, 5.41) is 0. The van der Waals surface area contributed by atoms with Crippen molar-refractivity contribution in [3.8, 4) is 0 Å². The van der Waals surface area contributed by atoms with Crippen molar-refractivity contribution < 1.29 is 136 Å². The molecule has 0 heterocycles. The van der Waals surface area contributed by atoms with Crippen molar-refractivity contribution in [1.82, 2.24) is 0 Å². The molecule has 0 bridgehead atoms. The molecule has 0 radical (unpaired) electrons. The molecule has 0 aliphatic rings. The van der Waals surface area contributed by atoms with Gasteiger partial charge in [0.05, 0.1) is 0 Å². The summed E-state index contributed by atoms with van der Waals surface area (Å²) in [6.45, 7) is 0. The van der Waals surface area contributed by atoms with E-state index in [-0.39, 0.29) is 31.1 Å². The monoisotopic (exact) mass is 820 g/mol. The zero-order chi connectivity index (χ0) is 27.0. The Kier molecular flexibility index (Phi) is 30.9. The van der Waals surface area contributed by atoms with E-state index in [9.17, 15) is 0 Å². The molecule has 0 aliphatic carbocycles. The fraction of sp³-hybridized carbons (Fsp3) is 0. The molecule has 0 spiro atoms. The second-order valence-electron chi connectivity index (χ2n) is 2.57. The quantitative estimate of drug-likeness (QED) is 0.0978. The van der Waals surface area contributed by atoms with Crippen molar-refractivity contribution >= 4 is 62.4 Å². The van der Waals surface area contributed by atoms with E-state index in [1.54, 1.807) is 0 Å². The first-order chi connectivity index (χ1) is 12.0. The fourth-order valence-corrected chi connectivity index (χ4v) is 0. The maximum Gasteiger partial charge on any atom is 6.00 e. The molecule has 0 aromatic heterocycles. The standard InChI is InChI=1S/6H2O4S.U/c6*1-5(2,3)4;/h6*(H2,1,2,3,4);/q;;;;;;+6/p-6. The van der Waals surface area contributed by atoms with E-state index in [2.05, 4.69) is 0 Å². The Morgan fingerprint density at radius 3 is 0.290 bits per heavy atom. The molecular weight excluding hydrogens is 814 g/mol. The topological polar surface area (TPSA) is 465 Å². The smallest absolute Gasteiger partial charge is 0.726 e. The minimum absolute atomic E-state index is 0. The largest absolute Gasteiger partial charge is 6.00 e. The Morgan fingerprint density at radius 2 is 0.290 bits per heavy atom. The molecule has 0 amide bonds. The van der Waals surface area contributed by atoms with E-state index in [0.29, 0.717) is 0 Å². The van der Waals surface area contributed by atoms with E-state index in [0.717, 1.165) is 0 Å². The summed E-state index contributed by atoms with van der Waals surface area (Å²) in [4.78, 5) is 0. The van der Waals surface area contributed by atoms with Crippen LogP contribution in [0.5, 0.6) is 0 Å². The molecule has 0 saturated carbocycles. The molecular formula is H6O24S6U. The van der Waals surface area contributed by atoms with E-state index in [1.807, 2.05) is 0 Å². The van der Waals surface area contributed by atoms with Gasteiger partial charge in [0.2, 0.25) is 62.4 Å². The Bertz CT molecular complexity index is 760. The van der Waals surface area contributed by atoms with Crippen LogP contribution in [0.2, 0.25) is 0 Å². The summed E-state index contributed by atoms with van der Waals surface area (Å²) < 4.78 is 197. The van der Waals surface area contributed by atoms with Crippen molar-refractivity contribution in [1.29, 1.82) is 0 Å². The van der Waals surface area contributed by atoms with E-state index in [4.69, 9.17) is 105 Å². The molecule has 0 rings (SSSR count). The van der Waals surface area contributed by atoms with Crippen LogP contribution in [-0.4, -0.2) is 105 Å². The Labute approximate surface area is 197 Å². The van der Waals surface area contributed by atoms with Crippen molar-refractivity contribution in [2.45, 2.75) is 0 Å². The summed E-state index contributed by atoms with van der Waals surface area (Å²) in [7, 11) is -29.5. The van der Waals surface area contributed by atoms with Crippen LogP contribution in [-0.2, 0) is 62.4 Å². The zero-order valence-corrected chi connectivity index (χ0v) is 22.0. The normalized spacial score (nSPS) is 11.2. The van der Waals surface area contributed by atoms with E-state index in [1.165, 1.54) is 0 Å². The van der Waals surface area contributed by atoms with Crippen molar-refractivity contribution in [3.63, 3.8) is 0 Å². The van der Waals surface area contributed by atoms with Crippen LogP contribution >= 0.6 is 0 Å². The van der Waals surface area contributed by atoms with Gasteiger partial charge in [-0.25, -0.2) is 50.5 Å². The molecule has 0 unspecified atom stereocenters. The summed E-state index contributed by atoms with van der Waals surface area (Å²) >= 11 is 0. The molecule has 0 aromatic rings. The second-order valence-corrected chi connectivity index (χ2v) is 7.70. The third-order valence-corrected chi connectivity index (χ3v) is 0. The molecule has 0 aliphatic heterocycles. The summed E-state index contributed by atoms with van der Waals surface area (Å²) in [6.07, 6.45) is 0. The average Bonchev–Trinajstić information content (AvgIpc) is 1.94. The van der Waals surface area contributed by atoms with Crippen molar-refractivity contribution in [2.75, 3.05) is 0 Å². The Hall–Kier alpha value is 0.272.